The predicted octanol–water partition coefficient (Wildman–Crippen LogP) is 1.77. The zero-order valence-corrected chi connectivity index (χ0v) is 13.3. The lowest BCUT2D eigenvalue weighted by atomic mass is 9.91. The molecule has 6 nitrogen and oxygen atoms in total. The van der Waals surface area contributed by atoms with Crippen LogP contribution in [0.1, 0.15) is 48.8 Å². The second kappa shape index (κ2) is 6.87. The van der Waals surface area contributed by atoms with Crippen LogP contribution in [0.3, 0.4) is 0 Å². The highest BCUT2D eigenvalue weighted by atomic mass is 16.5. The van der Waals surface area contributed by atoms with Crippen LogP contribution in [0.2, 0.25) is 0 Å². The molecule has 0 saturated carbocycles. The summed E-state index contributed by atoms with van der Waals surface area (Å²) in [5.74, 6) is -0.0884. The summed E-state index contributed by atoms with van der Waals surface area (Å²) in [6.45, 7) is 7.29. The minimum Gasteiger partial charge on any atom is -0.338 e. The summed E-state index contributed by atoms with van der Waals surface area (Å²) in [6.07, 6.45) is 2.96. The number of nitrogens with one attached hydrogen (secondary N) is 1. The number of hydrogen-bond acceptors (Lipinski definition) is 4. The number of hydrogen-bond donors (Lipinski definition) is 2. The van der Waals surface area contributed by atoms with Crippen molar-refractivity contribution in [1.29, 1.82) is 0 Å². The average Bonchev–Trinajstić information content (AvgIpc) is 2.53. The monoisotopic (exact) mass is 305 g/mol. The summed E-state index contributed by atoms with van der Waals surface area (Å²) >= 11 is 0. The molecule has 0 aliphatic carbocycles. The molecule has 2 amide bonds. The molecule has 0 unspecified atom stereocenters. The average molecular weight is 305 g/mol. The van der Waals surface area contributed by atoms with Crippen LogP contribution >= 0.6 is 0 Å². The van der Waals surface area contributed by atoms with Gasteiger partial charge < -0.3 is 4.90 Å². The van der Waals surface area contributed by atoms with Gasteiger partial charge in [-0.15, -0.1) is 0 Å². The van der Waals surface area contributed by atoms with Gasteiger partial charge in [-0.3, -0.25) is 19.8 Å². The third kappa shape index (κ3) is 3.27. The predicted molar refractivity (Wildman–Crippen MR) is 81.2 cm³/mol. The van der Waals surface area contributed by atoms with Crippen LogP contribution in [0.5, 0.6) is 0 Å². The number of pyridine rings is 1. The Labute approximate surface area is 130 Å². The van der Waals surface area contributed by atoms with Gasteiger partial charge in [0.05, 0.1) is 5.56 Å². The number of rotatable bonds is 4. The minimum atomic E-state index is -0.590. The number of aromatic nitrogens is 1. The summed E-state index contributed by atoms with van der Waals surface area (Å²) in [4.78, 5) is 30.2. The highest BCUT2D eigenvalue weighted by Crippen LogP contribution is 2.23. The fourth-order valence-corrected chi connectivity index (χ4v) is 2.97. The van der Waals surface area contributed by atoms with E-state index in [1.54, 1.807) is 11.5 Å². The van der Waals surface area contributed by atoms with Crippen LogP contribution in [0, 0.1) is 11.8 Å². The Balaban J connectivity index is 2.19. The Bertz CT molecular complexity index is 572. The molecule has 1 aliphatic rings. The van der Waals surface area contributed by atoms with E-state index in [0.29, 0.717) is 31.0 Å². The Morgan fingerprint density at radius 1 is 1.45 bits per heavy atom. The van der Waals surface area contributed by atoms with Gasteiger partial charge in [0, 0.05) is 37.3 Å². The Morgan fingerprint density at radius 3 is 2.77 bits per heavy atom. The van der Waals surface area contributed by atoms with E-state index < -0.39 is 5.91 Å². The molecule has 0 fully saturated rings. The van der Waals surface area contributed by atoms with Gasteiger partial charge in [-0.2, -0.15) is 0 Å². The van der Waals surface area contributed by atoms with Crippen molar-refractivity contribution in [3.05, 3.63) is 29.1 Å². The molecule has 22 heavy (non-hydrogen) atoms. The van der Waals surface area contributed by atoms with Crippen LogP contribution in [-0.4, -0.2) is 33.5 Å². The lowest BCUT2D eigenvalue weighted by Gasteiger charge is -2.32. The van der Waals surface area contributed by atoms with E-state index in [1.165, 1.54) is 6.20 Å². The molecule has 2 N–H and O–H groups in total. The highest BCUT2D eigenvalue weighted by molar-refractivity contribution is 5.93. The van der Waals surface area contributed by atoms with Gasteiger partial charge in [-0.25, -0.2) is 5.48 Å². The van der Waals surface area contributed by atoms with Crippen molar-refractivity contribution < 1.29 is 14.8 Å². The zero-order valence-electron chi connectivity index (χ0n) is 13.3. The largest absolute Gasteiger partial charge is 0.338 e. The van der Waals surface area contributed by atoms with Crippen LogP contribution < -0.4 is 5.48 Å². The van der Waals surface area contributed by atoms with Crippen LogP contribution in [0.25, 0.3) is 0 Å². The molecule has 1 aliphatic heterocycles. The molecule has 2 heterocycles. The molecule has 0 spiro atoms. The molecule has 0 radical (unpaired) electrons. The van der Waals surface area contributed by atoms with Gasteiger partial charge in [-0.05, 0) is 24.0 Å². The first-order chi connectivity index (χ1) is 10.5. The molecule has 120 valence electrons. The quantitative estimate of drug-likeness (QED) is 0.656. The van der Waals surface area contributed by atoms with Crippen molar-refractivity contribution >= 4 is 11.8 Å². The molecular weight excluding hydrogens is 282 g/mol. The first kappa shape index (κ1) is 16.4. The Kier molecular flexibility index (Phi) is 5.13. The number of nitrogens with zero attached hydrogens (tertiary/aromatic N) is 2. The molecule has 0 saturated heterocycles. The molecule has 0 bridgehead atoms. The van der Waals surface area contributed by atoms with E-state index in [0.717, 1.165) is 17.7 Å². The molecule has 0 aromatic carbocycles. The maximum absolute atomic E-state index is 12.6. The minimum absolute atomic E-state index is 0.0263. The summed E-state index contributed by atoms with van der Waals surface area (Å²) < 4.78 is 0. The van der Waals surface area contributed by atoms with Gasteiger partial charge in [0.1, 0.15) is 0 Å². The first-order valence-corrected chi connectivity index (χ1v) is 7.68. The van der Waals surface area contributed by atoms with Crippen molar-refractivity contribution in [2.75, 3.05) is 6.54 Å². The van der Waals surface area contributed by atoms with E-state index in [1.807, 2.05) is 11.8 Å². The molecule has 6 heteroatoms. The fourth-order valence-electron chi connectivity index (χ4n) is 2.97. The molecule has 2 rings (SSSR count). The van der Waals surface area contributed by atoms with Crippen molar-refractivity contribution in [3.63, 3.8) is 0 Å². The maximum atomic E-state index is 12.6. The second-order valence-corrected chi connectivity index (χ2v) is 6.04. The third-order valence-corrected chi connectivity index (χ3v) is 4.28. The number of hydroxylamine groups is 1. The standard InChI is InChI=1S/C16H23N3O3/c1-4-13(10(2)3)16(21)19-6-5-14-12(9-19)7-11(8-17-14)15(20)18-22/h7-8,10,13,22H,4-6,9H2,1-3H3,(H,18,20)/t13-/m1/s1. The number of fused-ring (bicyclic) bond motifs is 1. The lowest BCUT2D eigenvalue weighted by molar-refractivity contribution is -0.138. The molecule has 1 aromatic rings. The zero-order chi connectivity index (χ0) is 16.3. The summed E-state index contributed by atoms with van der Waals surface area (Å²) in [5, 5.41) is 8.71. The number of carbonyl (C=O) groups excluding carboxylic acids is 2. The van der Waals surface area contributed by atoms with Crippen molar-refractivity contribution in [2.45, 2.75) is 40.2 Å². The van der Waals surface area contributed by atoms with Gasteiger partial charge in [0.15, 0.2) is 0 Å². The number of carbonyl (C=O) groups is 2. The Hall–Kier alpha value is -1.95. The van der Waals surface area contributed by atoms with Crippen LogP contribution in [0.15, 0.2) is 12.3 Å². The van der Waals surface area contributed by atoms with Gasteiger partial charge >= 0.3 is 0 Å². The lowest BCUT2D eigenvalue weighted by Crippen LogP contribution is -2.41. The van der Waals surface area contributed by atoms with E-state index in [2.05, 4.69) is 18.8 Å². The van der Waals surface area contributed by atoms with Gasteiger partial charge in [-0.1, -0.05) is 20.8 Å². The van der Waals surface area contributed by atoms with E-state index in [4.69, 9.17) is 5.21 Å². The fraction of sp³-hybridized carbons (Fsp3) is 0.562. The topological polar surface area (TPSA) is 82.5 Å². The van der Waals surface area contributed by atoms with Crippen molar-refractivity contribution in [1.82, 2.24) is 15.4 Å². The summed E-state index contributed by atoms with van der Waals surface area (Å²) in [7, 11) is 0. The van der Waals surface area contributed by atoms with Gasteiger partial charge in [0.25, 0.3) is 5.91 Å². The van der Waals surface area contributed by atoms with Crippen molar-refractivity contribution in [3.8, 4) is 0 Å². The number of amides is 2. The SMILES string of the molecule is CC[C@@H](C(=O)N1CCc2ncc(C(=O)NO)cc2C1)C(C)C. The third-order valence-electron chi connectivity index (χ3n) is 4.28. The van der Waals surface area contributed by atoms with Crippen LogP contribution in [-0.2, 0) is 17.8 Å². The van der Waals surface area contributed by atoms with Crippen LogP contribution in [0.4, 0.5) is 0 Å². The maximum Gasteiger partial charge on any atom is 0.276 e. The second-order valence-electron chi connectivity index (χ2n) is 6.04. The van der Waals surface area contributed by atoms with Gasteiger partial charge in [0.2, 0.25) is 5.91 Å². The van der Waals surface area contributed by atoms with Crippen molar-refractivity contribution in [2.24, 2.45) is 11.8 Å². The summed E-state index contributed by atoms with van der Waals surface area (Å²) in [6, 6.07) is 1.70. The van der Waals surface area contributed by atoms with E-state index in [-0.39, 0.29) is 11.8 Å². The molecule has 1 aromatic heterocycles. The smallest absolute Gasteiger partial charge is 0.276 e. The van der Waals surface area contributed by atoms with E-state index in [9.17, 15) is 9.59 Å². The summed E-state index contributed by atoms with van der Waals surface area (Å²) in [5.41, 5.74) is 3.69. The Morgan fingerprint density at radius 2 is 2.18 bits per heavy atom. The molecular formula is C16H23N3O3. The normalized spacial score (nSPS) is 15.4. The molecule has 1 atom stereocenters. The van der Waals surface area contributed by atoms with E-state index >= 15 is 0 Å². The highest BCUT2D eigenvalue weighted by Gasteiger charge is 2.28. The first-order valence-electron chi connectivity index (χ1n) is 7.68.